The van der Waals surface area contributed by atoms with Gasteiger partial charge in [-0.25, -0.2) is 4.39 Å². The molecule has 0 saturated carbocycles. The molecule has 1 aromatic rings. The van der Waals surface area contributed by atoms with Crippen LogP contribution in [0.2, 0.25) is 0 Å². The van der Waals surface area contributed by atoms with Crippen LogP contribution in [-0.4, -0.2) is 19.0 Å². The van der Waals surface area contributed by atoms with Gasteiger partial charge in [-0.2, -0.15) is 0 Å². The van der Waals surface area contributed by atoms with E-state index >= 15 is 0 Å². The molecule has 1 aliphatic carbocycles. The Hall–Kier alpha value is -2.87. The lowest BCUT2D eigenvalue weighted by Crippen LogP contribution is -2.12. The number of allylic oxidation sites excluding steroid dienone is 4. The third kappa shape index (κ3) is 5.92. The molecule has 0 fully saturated rings. The van der Waals surface area contributed by atoms with Crippen molar-refractivity contribution < 1.29 is 14.1 Å². The van der Waals surface area contributed by atoms with Gasteiger partial charge < -0.3 is 9.68 Å². The molecule has 1 aromatic carbocycles. The zero-order valence-corrected chi connectivity index (χ0v) is 14.6. The van der Waals surface area contributed by atoms with Crippen LogP contribution >= 0.6 is 0 Å². The summed E-state index contributed by atoms with van der Waals surface area (Å²) in [6, 6.07) is 7.68. The van der Waals surface area contributed by atoms with Gasteiger partial charge in [-0.15, -0.1) is 0 Å². The fraction of sp³-hybridized carbons (Fsp3) is 0.300. The molecule has 0 heterocycles. The Kier molecular flexibility index (Phi) is 6.53. The van der Waals surface area contributed by atoms with Crippen LogP contribution in [0.25, 0.3) is 0 Å². The smallest absolute Gasteiger partial charge is 0.143 e. The van der Waals surface area contributed by atoms with Gasteiger partial charge in [0, 0.05) is 11.1 Å². The van der Waals surface area contributed by atoms with Gasteiger partial charge in [0.15, 0.2) is 0 Å². The summed E-state index contributed by atoms with van der Waals surface area (Å²) in [6.07, 6.45) is 6.92. The quantitative estimate of drug-likeness (QED) is 0.453. The van der Waals surface area contributed by atoms with Crippen LogP contribution in [0.4, 0.5) is 4.39 Å². The predicted octanol–water partition coefficient (Wildman–Crippen LogP) is 4.38. The first-order valence-corrected chi connectivity index (χ1v) is 7.91. The van der Waals surface area contributed by atoms with Crippen molar-refractivity contribution in [3.8, 4) is 11.8 Å². The van der Waals surface area contributed by atoms with E-state index in [-0.39, 0.29) is 11.2 Å². The van der Waals surface area contributed by atoms with E-state index in [1.165, 1.54) is 19.3 Å². The molecule has 0 spiro atoms. The van der Waals surface area contributed by atoms with Crippen LogP contribution in [-0.2, 0) is 16.3 Å². The number of benzene rings is 1. The molecule has 130 valence electrons. The molecule has 0 amide bonds. The molecule has 25 heavy (non-hydrogen) atoms. The van der Waals surface area contributed by atoms with Crippen molar-refractivity contribution in [2.24, 2.45) is 15.7 Å². The molecule has 0 saturated heterocycles. The van der Waals surface area contributed by atoms with Crippen LogP contribution < -0.4 is 0 Å². The summed E-state index contributed by atoms with van der Waals surface area (Å²) in [7, 11) is 1.49. The highest BCUT2D eigenvalue weighted by atomic mass is 19.1. The van der Waals surface area contributed by atoms with E-state index in [1.807, 2.05) is 31.2 Å². The van der Waals surface area contributed by atoms with Gasteiger partial charge >= 0.3 is 0 Å². The highest BCUT2D eigenvalue weighted by Crippen LogP contribution is 2.28. The van der Waals surface area contributed by atoms with Crippen molar-refractivity contribution in [2.45, 2.75) is 26.9 Å². The standard InChI is InChI=1S/C20H21FN2O2/c1-16(8-11-20(2)12-9-19(21)10-13-20)23-25-15-18-7-5-4-6-17(18)14-22-24-3/h4-7,9-10,12,14H,13,15H2,1-3H3/b22-14-,23-16+. The van der Waals surface area contributed by atoms with Crippen LogP contribution in [0.1, 0.15) is 31.4 Å². The van der Waals surface area contributed by atoms with Crippen LogP contribution in [0.3, 0.4) is 0 Å². The van der Waals surface area contributed by atoms with Crippen LogP contribution in [0.5, 0.6) is 0 Å². The Bertz CT molecular complexity index is 784. The monoisotopic (exact) mass is 340 g/mol. The summed E-state index contributed by atoms with van der Waals surface area (Å²) in [5, 5.41) is 7.79. The summed E-state index contributed by atoms with van der Waals surface area (Å²) in [5.74, 6) is 5.86. The van der Waals surface area contributed by atoms with Gasteiger partial charge in [-0.1, -0.05) is 46.6 Å². The van der Waals surface area contributed by atoms with Gasteiger partial charge in [-0.05, 0) is 38.3 Å². The minimum atomic E-state index is -0.379. The first-order valence-electron chi connectivity index (χ1n) is 7.91. The minimum Gasteiger partial charge on any atom is -0.399 e. The largest absolute Gasteiger partial charge is 0.399 e. The molecule has 0 N–H and O–H groups in total. The molecule has 1 unspecified atom stereocenters. The maximum absolute atomic E-state index is 13.0. The van der Waals surface area contributed by atoms with Crippen molar-refractivity contribution >= 4 is 11.9 Å². The van der Waals surface area contributed by atoms with Gasteiger partial charge in [0.1, 0.15) is 25.3 Å². The predicted molar refractivity (Wildman–Crippen MR) is 97.8 cm³/mol. The van der Waals surface area contributed by atoms with Gasteiger partial charge in [0.05, 0.1) is 11.6 Å². The number of oxime groups is 2. The zero-order valence-electron chi connectivity index (χ0n) is 14.6. The second-order valence-electron chi connectivity index (χ2n) is 5.86. The normalized spacial score (nSPS) is 20.0. The number of rotatable bonds is 5. The lowest BCUT2D eigenvalue weighted by atomic mass is 9.84. The number of hydrogen-bond donors (Lipinski definition) is 0. The average Bonchev–Trinajstić information content (AvgIpc) is 2.62. The zero-order chi connectivity index (χ0) is 18.1. The second-order valence-corrected chi connectivity index (χ2v) is 5.86. The lowest BCUT2D eigenvalue weighted by molar-refractivity contribution is 0.130. The third-order valence-electron chi connectivity index (χ3n) is 3.63. The summed E-state index contributed by atoms with van der Waals surface area (Å²) in [6.45, 7) is 4.03. The SMILES string of the molecule is CO/N=C\c1ccccc1CO/N=C(\C)C#CC1(C)C=CC(F)=CC1. The Morgan fingerprint density at radius 1 is 1.40 bits per heavy atom. The molecule has 0 aromatic heterocycles. The molecular weight excluding hydrogens is 319 g/mol. The molecule has 0 bridgehead atoms. The van der Waals surface area contributed by atoms with E-state index in [4.69, 9.17) is 9.68 Å². The molecule has 1 aliphatic rings. The number of halogens is 1. The first kappa shape index (κ1) is 18.5. The third-order valence-corrected chi connectivity index (χ3v) is 3.63. The van der Waals surface area contributed by atoms with E-state index in [1.54, 1.807) is 19.2 Å². The van der Waals surface area contributed by atoms with Crippen LogP contribution in [0, 0.1) is 17.3 Å². The molecule has 0 aliphatic heterocycles. The number of nitrogens with zero attached hydrogens (tertiary/aromatic N) is 2. The van der Waals surface area contributed by atoms with Gasteiger partial charge in [0.2, 0.25) is 0 Å². The van der Waals surface area contributed by atoms with Crippen molar-refractivity contribution in [3.05, 3.63) is 59.4 Å². The van der Waals surface area contributed by atoms with Crippen molar-refractivity contribution in [2.75, 3.05) is 7.11 Å². The first-order chi connectivity index (χ1) is 12.0. The molecule has 1 atom stereocenters. The minimum absolute atomic E-state index is 0.219. The van der Waals surface area contributed by atoms with Gasteiger partial charge in [-0.3, -0.25) is 0 Å². The van der Waals surface area contributed by atoms with Gasteiger partial charge in [0.25, 0.3) is 0 Å². The number of hydrogen-bond acceptors (Lipinski definition) is 4. The molecule has 2 rings (SSSR count). The van der Waals surface area contributed by atoms with E-state index in [9.17, 15) is 4.39 Å². The van der Waals surface area contributed by atoms with E-state index in [0.717, 1.165) is 11.1 Å². The molecule has 5 heteroatoms. The Morgan fingerprint density at radius 2 is 2.20 bits per heavy atom. The lowest BCUT2D eigenvalue weighted by Gasteiger charge is -2.19. The Labute approximate surface area is 147 Å². The Balaban J connectivity index is 1.96. The summed E-state index contributed by atoms with van der Waals surface area (Å²) in [4.78, 5) is 10.1. The Morgan fingerprint density at radius 3 is 2.92 bits per heavy atom. The van der Waals surface area contributed by atoms with E-state index < -0.39 is 0 Å². The summed E-state index contributed by atoms with van der Waals surface area (Å²) in [5.41, 5.74) is 2.02. The van der Waals surface area contributed by atoms with Crippen LogP contribution in [0.15, 0.2) is 58.6 Å². The summed E-state index contributed by atoms with van der Waals surface area (Å²) < 4.78 is 13.0. The van der Waals surface area contributed by atoms with E-state index in [0.29, 0.717) is 18.7 Å². The topological polar surface area (TPSA) is 43.2 Å². The maximum atomic E-state index is 13.0. The molecule has 4 nitrogen and oxygen atoms in total. The highest BCUT2D eigenvalue weighted by molar-refractivity contribution is 5.98. The average molecular weight is 340 g/mol. The van der Waals surface area contributed by atoms with Crippen molar-refractivity contribution in [1.82, 2.24) is 0 Å². The van der Waals surface area contributed by atoms with E-state index in [2.05, 4.69) is 22.2 Å². The second kappa shape index (κ2) is 8.84. The summed E-state index contributed by atoms with van der Waals surface area (Å²) >= 11 is 0. The maximum Gasteiger partial charge on any atom is 0.143 e. The molecular formula is C20H21FN2O2. The van der Waals surface area contributed by atoms with Crippen molar-refractivity contribution in [3.63, 3.8) is 0 Å². The fourth-order valence-corrected chi connectivity index (χ4v) is 2.16. The fourth-order valence-electron chi connectivity index (χ4n) is 2.16. The highest BCUT2D eigenvalue weighted by Gasteiger charge is 2.19. The van der Waals surface area contributed by atoms with Crippen molar-refractivity contribution in [1.29, 1.82) is 0 Å². The molecule has 0 radical (unpaired) electrons.